The largest absolute Gasteiger partial charge is 0.483 e. The Morgan fingerprint density at radius 1 is 1.12 bits per heavy atom. The molecule has 126 valence electrons. The molecule has 2 rings (SSSR count). The molecule has 0 heterocycles. The first-order chi connectivity index (χ1) is 11.4. The van der Waals surface area contributed by atoms with E-state index in [2.05, 4.69) is 11.4 Å². The minimum absolute atomic E-state index is 0.133. The minimum Gasteiger partial charge on any atom is -0.483 e. The molecule has 0 aliphatic carbocycles. The van der Waals surface area contributed by atoms with Gasteiger partial charge in [-0.2, -0.15) is 0 Å². The number of carbonyl (C=O) groups is 2. The van der Waals surface area contributed by atoms with Crippen LogP contribution in [-0.4, -0.2) is 18.4 Å². The fourth-order valence-corrected chi connectivity index (χ4v) is 2.34. The van der Waals surface area contributed by atoms with E-state index in [1.165, 1.54) is 11.1 Å². The minimum atomic E-state index is -0.588. The molecule has 0 radical (unpaired) electrons. The van der Waals surface area contributed by atoms with E-state index >= 15 is 0 Å². The lowest BCUT2D eigenvalue weighted by atomic mass is 10.0. The molecule has 0 bridgehead atoms. The van der Waals surface area contributed by atoms with Gasteiger partial charge in [-0.3, -0.25) is 9.59 Å². The topological polar surface area (TPSA) is 81.4 Å². The molecular formula is C19H22N2O3. The third-order valence-electron chi connectivity index (χ3n) is 3.92. The van der Waals surface area contributed by atoms with Gasteiger partial charge in [-0.25, -0.2) is 0 Å². The van der Waals surface area contributed by atoms with E-state index in [1.807, 2.05) is 32.9 Å². The lowest BCUT2D eigenvalue weighted by molar-refractivity contribution is -0.123. The maximum absolute atomic E-state index is 12.1. The van der Waals surface area contributed by atoms with E-state index in [9.17, 15) is 9.59 Å². The molecule has 2 aromatic rings. The molecule has 0 aromatic heterocycles. The first-order valence-corrected chi connectivity index (χ1v) is 7.76. The fraction of sp³-hybridized carbons (Fsp3) is 0.263. The summed E-state index contributed by atoms with van der Waals surface area (Å²) in [6.45, 7) is 5.82. The fourth-order valence-electron chi connectivity index (χ4n) is 2.34. The quantitative estimate of drug-likeness (QED) is 0.856. The Kier molecular flexibility index (Phi) is 5.58. The monoisotopic (exact) mass is 326 g/mol. The van der Waals surface area contributed by atoms with Gasteiger partial charge in [-0.05, 0) is 49.6 Å². The average molecular weight is 326 g/mol. The summed E-state index contributed by atoms with van der Waals surface area (Å²) in [7, 11) is 0. The Hall–Kier alpha value is -2.82. The summed E-state index contributed by atoms with van der Waals surface area (Å²) in [5.74, 6) is -0.548. The second-order valence-corrected chi connectivity index (χ2v) is 5.78. The summed E-state index contributed by atoms with van der Waals surface area (Å²) >= 11 is 0. The first kappa shape index (κ1) is 17.5. The molecule has 5 nitrogen and oxygen atoms in total. The molecule has 0 saturated heterocycles. The second-order valence-electron chi connectivity index (χ2n) is 5.78. The van der Waals surface area contributed by atoms with Gasteiger partial charge >= 0.3 is 0 Å². The summed E-state index contributed by atoms with van der Waals surface area (Å²) in [6.07, 6.45) is 0. The summed E-state index contributed by atoms with van der Waals surface area (Å²) in [5, 5.41) is 2.88. The van der Waals surface area contributed by atoms with Crippen molar-refractivity contribution < 1.29 is 14.3 Å². The normalized spacial score (nSPS) is 11.6. The number of hydrogen-bond donors (Lipinski definition) is 2. The van der Waals surface area contributed by atoms with Crippen molar-refractivity contribution >= 4 is 11.8 Å². The van der Waals surface area contributed by atoms with Crippen LogP contribution >= 0.6 is 0 Å². The standard InChI is InChI=1S/C19H22N2O3/c1-12-8-9-15(10-13(12)2)14(3)21-18(22)11-24-17-7-5-4-6-16(17)19(20)23/h4-10,14H,11H2,1-3H3,(H2,20,23)(H,21,22)/t14-/m0/s1. The van der Waals surface area contributed by atoms with Crippen LogP contribution in [-0.2, 0) is 4.79 Å². The number of primary amides is 1. The molecule has 0 saturated carbocycles. The van der Waals surface area contributed by atoms with E-state index in [-0.39, 0.29) is 24.1 Å². The zero-order valence-electron chi connectivity index (χ0n) is 14.1. The lowest BCUT2D eigenvalue weighted by Crippen LogP contribution is -2.31. The lowest BCUT2D eigenvalue weighted by Gasteiger charge is -2.16. The van der Waals surface area contributed by atoms with E-state index in [1.54, 1.807) is 24.3 Å². The van der Waals surface area contributed by atoms with Crippen LogP contribution in [0.3, 0.4) is 0 Å². The van der Waals surface area contributed by atoms with Crippen molar-refractivity contribution in [1.29, 1.82) is 0 Å². The summed E-state index contributed by atoms with van der Waals surface area (Å²) in [6, 6.07) is 12.5. The van der Waals surface area contributed by atoms with Gasteiger partial charge in [0.2, 0.25) is 0 Å². The molecule has 0 spiro atoms. The van der Waals surface area contributed by atoms with E-state index in [4.69, 9.17) is 10.5 Å². The predicted octanol–water partition coefficient (Wildman–Crippen LogP) is 2.66. The number of nitrogens with two attached hydrogens (primary N) is 1. The van der Waals surface area contributed by atoms with Crippen molar-refractivity contribution in [3.8, 4) is 5.75 Å². The number of hydrogen-bond acceptors (Lipinski definition) is 3. The number of amides is 2. The average Bonchev–Trinajstić information content (AvgIpc) is 2.55. The van der Waals surface area contributed by atoms with E-state index < -0.39 is 5.91 Å². The van der Waals surface area contributed by atoms with Gasteiger partial charge in [0.15, 0.2) is 6.61 Å². The molecule has 2 aromatic carbocycles. The van der Waals surface area contributed by atoms with Crippen molar-refractivity contribution in [2.75, 3.05) is 6.61 Å². The maximum Gasteiger partial charge on any atom is 0.258 e. The highest BCUT2D eigenvalue weighted by molar-refractivity contribution is 5.95. The zero-order valence-corrected chi connectivity index (χ0v) is 14.1. The van der Waals surface area contributed by atoms with Gasteiger partial charge in [-0.15, -0.1) is 0 Å². The third-order valence-corrected chi connectivity index (χ3v) is 3.92. The highest BCUT2D eigenvalue weighted by atomic mass is 16.5. The van der Waals surface area contributed by atoms with Crippen molar-refractivity contribution in [2.45, 2.75) is 26.8 Å². The molecule has 24 heavy (non-hydrogen) atoms. The molecule has 3 N–H and O–H groups in total. The molecular weight excluding hydrogens is 304 g/mol. The highest BCUT2D eigenvalue weighted by Crippen LogP contribution is 2.18. The van der Waals surface area contributed by atoms with E-state index in [0.717, 1.165) is 5.56 Å². The van der Waals surface area contributed by atoms with Crippen LogP contribution in [0.15, 0.2) is 42.5 Å². The molecule has 2 amide bonds. The Morgan fingerprint density at radius 2 is 1.83 bits per heavy atom. The van der Waals surface area contributed by atoms with Gasteiger partial charge in [-0.1, -0.05) is 30.3 Å². The van der Waals surface area contributed by atoms with Gasteiger partial charge in [0.1, 0.15) is 5.75 Å². The van der Waals surface area contributed by atoms with Crippen molar-refractivity contribution in [3.63, 3.8) is 0 Å². The Labute approximate surface area is 141 Å². The predicted molar refractivity (Wildman–Crippen MR) is 92.9 cm³/mol. The highest BCUT2D eigenvalue weighted by Gasteiger charge is 2.13. The molecule has 0 aliphatic heterocycles. The van der Waals surface area contributed by atoms with Crippen molar-refractivity contribution in [3.05, 3.63) is 64.7 Å². The number of carbonyl (C=O) groups excluding carboxylic acids is 2. The van der Waals surface area contributed by atoms with Gasteiger partial charge in [0.25, 0.3) is 11.8 Å². The van der Waals surface area contributed by atoms with Gasteiger partial charge < -0.3 is 15.8 Å². The second kappa shape index (κ2) is 7.64. The molecule has 0 aliphatic rings. The van der Waals surface area contributed by atoms with Gasteiger partial charge in [0.05, 0.1) is 11.6 Å². The maximum atomic E-state index is 12.1. The smallest absolute Gasteiger partial charge is 0.258 e. The summed E-state index contributed by atoms with van der Waals surface area (Å²) in [5.41, 5.74) is 8.97. The van der Waals surface area contributed by atoms with E-state index in [0.29, 0.717) is 5.75 Å². The van der Waals surface area contributed by atoms with Crippen LogP contribution in [0.4, 0.5) is 0 Å². The van der Waals surface area contributed by atoms with Crippen LogP contribution in [0.25, 0.3) is 0 Å². The van der Waals surface area contributed by atoms with Gasteiger partial charge in [0, 0.05) is 0 Å². The van der Waals surface area contributed by atoms with Crippen LogP contribution in [0.2, 0.25) is 0 Å². The SMILES string of the molecule is Cc1ccc([C@H](C)NC(=O)COc2ccccc2C(N)=O)cc1C. The Bertz CT molecular complexity index is 756. The van der Waals surface area contributed by atoms with Crippen LogP contribution in [0.1, 0.15) is 40.0 Å². The summed E-state index contributed by atoms with van der Waals surface area (Å²) < 4.78 is 5.43. The number of rotatable bonds is 6. The number of benzene rings is 2. The van der Waals surface area contributed by atoms with Crippen LogP contribution < -0.4 is 15.8 Å². The number of nitrogens with one attached hydrogen (secondary N) is 1. The van der Waals surface area contributed by atoms with Crippen molar-refractivity contribution in [2.24, 2.45) is 5.73 Å². The molecule has 0 unspecified atom stereocenters. The summed E-state index contributed by atoms with van der Waals surface area (Å²) in [4.78, 5) is 23.4. The van der Waals surface area contributed by atoms with Crippen molar-refractivity contribution in [1.82, 2.24) is 5.32 Å². The number of para-hydroxylation sites is 1. The molecule has 1 atom stereocenters. The number of aryl methyl sites for hydroxylation is 2. The van der Waals surface area contributed by atoms with Crippen LogP contribution in [0, 0.1) is 13.8 Å². The Balaban J connectivity index is 1.96. The third kappa shape index (κ3) is 4.35. The van der Waals surface area contributed by atoms with Crippen LogP contribution in [0.5, 0.6) is 5.75 Å². The Morgan fingerprint density at radius 3 is 2.50 bits per heavy atom. The molecule has 0 fully saturated rings. The molecule has 5 heteroatoms. The number of ether oxygens (including phenoxy) is 1. The first-order valence-electron chi connectivity index (χ1n) is 7.76. The zero-order chi connectivity index (χ0) is 17.7.